The molecule has 0 aliphatic rings. The van der Waals surface area contributed by atoms with Crippen LogP contribution < -0.4 is 5.73 Å². The fourth-order valence-electron chi connectivity index (χ4n) is 2.32. The standard InChI is InChI=1S/C12H20N6O/c1-5-17(6-2)9(19)7-18-11-10(14-12(18)13)8(3)15-16(11)4/h5-7H2,1-4H3,(H2,13,14). The minimum Gasteiger partial charge on any atom is -0.369 e. The molecular formula is C12H20N6O. The first-order valence-corrected chi connectivity index (χ1v) is 6.42. The van der Waals surface area contributed by atoms with Gasteiger partial charge in [0, 0.05) is 20.1 Å². The van der Waals surface area contributed by atoms with Crippen LogP contribution in [0, 0.1) is 6.92 Å². The maximum absolute atomic E-state index is 12.2. The van der Waals surface area contributed by atoms with E-state index >= 15 is 0 Å². The first kappa shape index (κ1) is 13.4. The van der Waals surface area contributed by atoms with Crippen LogP contribution in [0.3, 0.4) is 0 Å². The zero-order valence-corrected chi connectivity index (χ0v) is 11.8. The summed E-state index contributed by atoms with van der Waals surface area (Å²) in [6.45, 7) is 7.38. The molecule has 1 amide bonds. The van der Waals surface area contributed by atoms with Crippen LogP contribution >= 0.6 is 0 Å². The summed E-state index contributed by atoms with van der Waals surface area (Å²) in [6, 6.07) is 0. The van der Waals surface area contributed by atoms with E-state index in [4.69, 9.17) is 5.73 Å². The molecule has 0 aliphatic heterocycles. The predicted molar refractivity (Wildman–Crippen MR) is 73.6 cm³/mol. The van der Waals surface area contributed by atoms with Gasteiger partial charge in [0.25, 0.3) is 0 Å². The van der Waals surface area contributed by atoms with Crippen LogP contribution in [0.2, 0.25) is 0 Å². The van der Waals surface area contributed by atoms with E-state index in [2.05, 4.69) is 10.1 Å². The van der Waals surface area contributed by atoms with Crippen molar-refractivity contribution in [3.8, 4) is 0 Å². The number of nitrogen functional groups attached to an aromatic ring is 1. The van der Waals surface area contributed by atoms with Crippen LogP contribution in [-0.4, -0.2) is 43.2 Å². The van der Waals surface area contributed by atoms with E-state index in [9.17, 15) is 4.79 Å². The molecule has 2 aromatic heterocycles. The number of aromatic nitrogens is 4. The number of rotatable bonds is 4. The van der Waals surface area contributed by atoms with Crippen molar-refractivity contribution < 1.29 is 4.79 Å². The molecule has 19 heavy (non-hydrogen) atoms. The van der Waals surface area contributed by atoms with E-state index in [0.717, 1.165) is 16.9 Å². The van der Waals surface area contributed by atoms with E-state index in [-0.39, 0.29) is 12.5 Å². The molecule has 0 spiro atoms. The first-order chi connectivity index (χ1) is 8.99. The van der Waals surface area contributed by atoms with Crippen molar-refractivity contribution in [2.75, 3.05) is 18.8 Å². The van der Waals surface area contributed by atoms with Crippen LogP contribution in [0.1, 0.15) is 19.5 Å². The van der Waals surface area contributed by atoms with Crippen LogP contribution in [0.25, 0.3) is 11.2 Å². The lowest BCUT2D eigenvalue weighted by molar-refractivity contribution is -0.131. The lowest BCUT2D eigenvalue weighted by atomic mass is 10.4. The molecule has 0 aromatic carbocycles. The van der Waals surface area contributed by atoms with Gasteiger partial charge in [0.15, 0.2) is 5.65 Å². The van der Waals surface area contributed by atoms with Crippen molar-refractivity contribution in [2.24, 2.45) is 7.05 Å². The smallest absolute Gasteiger partial charge is 0.242 e. The number of hydrogen-bond acceptors (Lipinski definition) is 4. The van der Waals surface area contributed by atoms with Crippen molar-refractivity contribution in [1.29, 1.82) is 0 Å². The molecule has 0 saturated carbocycles. The Kier molecular flexibility index (Phi) is 3.46. The van der Waals surface area contributed by atoms with Crippen molar-refractivity contribution in [3.63, 3.8) is 0 Å². The third-order valence-electron chi connectivity index (χ3n) is 3.33. The fraction of sp³-hybridized carbons (Fsp3) is 0.583. The van der Waals surface area contributed by atoms with Crippen molar-refractivity contribution in [2.45, 2.75) is 27.3 Å². The molecule has 0 bridgehead atoms. The molecule has 2 heterocycles. The number of fused-ring (bicyclic) bond motifs is 1. The van der Waals surface area contributed by atoms with E-state index in [0.29, 0.717) is 19.0 Å². The van der Waals surface area contributed by atoms with Gasteiger partial charge in [-0.05, 0) is 20.8 Å². The summed E-state index contributed by atoms with van der Waals surface area (Å²) >= 11 is 0. The Morgan fingerprint density at radius 3 is 2.58 bits per heavy atom. The lowest BCUT2D eigenvalue weighted by Crippen LogP contribution is -2.33. The second-order valence-electron chi connectivity index (χ2n) is 4.50. The van der Waals surface area contributed by atoms with Crippen LogP contribution in [0.4, 0.5) is 5.95 Å². The topological polar surface area (TPSA) is 82.0 Å². The number of hydrogen-bond donors (Lipinski definition) is 1. The Morgan fingerprint density at radius 2 is 2.00 bits per heavy atom. The Bertz CT molecular complexity index is 607. The van der Waals surface area contributed by atoms with Gasteiger partial charge in [-0.25, -0.2) is 4.98 Å². The highest BCUT2D eigenvalue weighted by Crippen LogP contribution is 2.20. The van der Waals surface area contributed by atoms with Gasteiger partial charge in [0.2, 0.25) is 11.9 Å². The molecular weight excluding hydrogens is 244 g/mol. The molecule has 0 unspecified atom stereocenters. The van der Waals surface area contributed by atoms with Crippen LogP contribution in [0.15, 0.2) is 0 Å². The van der Waals surface area contributed by atoms with E-state index < -0.39 is 0 Å². The van der Waals surface area contributed by atoms with E-state index in [1.165, 1.54) is 0 Å². The second kappa shape index (κ2) is 4.91. The van der Waals surface area contributed by atoms with Gasteiger partial charge in [-0.2, -0.15) is 5.10 Å². The molecule has 2 N–H and O–H groups in total. The number of imidazole rings is 1. The first-order valence-electron chi connectivity index (χ1n) is 6.42. The largest absolute Gasteiger partial charge is 0.369 e. The zero-order valence-electron chi connectivity index (χ0n) is 11.8. The number of aryl methyl sites for hydroxylation is 2. The van der Waals surface area contributed by atoms with Gasteiger partial charge in [0.05, 0.1) is 5.69 Å². The normalized spacial score (nSPS) is 11.2. The van der Waals surface area contributed by atoms with Crippen molar-refractivity contribution in [3.05, 3.63) is 5.69 Å². The zero-order chi connectivity index (χ0) is 14.2. The Balaban J connectivity index is 2.40. The van der Waals surface area contributed by atoms with Crippen molar-refractivity contribution in [1.82, 2.24) is 24.2 Å². The Labute approximate surface area is 112 Å². The minimum absolute atomic E-state index is 0.0369. The number of likely N-dealkylation sites (N-methyl/N-ethyl adjacent to an activating group) is 1. The summed E-state index contributed by atoms with van der Waals surface area (Å²) < 4.78 is 3.43. The predicted octanol–water partition coefficient (Wildman–Crippen LogP) is 0.529. The molecule has 0 saturated heterocycles. The molecule has 7 nitrogen and oxygen atoms in total. The molecule has 2 rings (SSSR count). The molecule has 0 fully saturated rings. The van der Waals surface area contributed by atoms with Gasteiger partial charge >= 0.3 is 0 Å². The highest BCUT2D eigenvalue weighted by atomic mass is 16.2. The number of carbonyl (C=O) groups is 1. The molecule has 0 aliphatic carbocycles. The quantitative estimate of drug-likeness (QED) is 0.873. The average Bonchev–Trinajstić information content (AvgIpc) is 2.81. The van der Waals surface area contributed by atoms with Crippen LogP contribution in [0.5, 0.6) is 0 Å². The molecule has 2 aromatic rings. The monoisotopic (exact) mass is 264 g/mol. The molecule has 7 heteroatoms. The third kappa shape index (κ3) is 2.16. The highest BCUT2D eigenvalue weighted by molar-refractivity contribution is 5.82. The number of nitrogens with zero attached hydrogens (tertiary/aromatic N) is 5. The Hall–Kier alpha value is -2.05. The summed E-state index contributed by atoms with van der Waals surface area (Å²) in [4.78, 5) is 18.2. The summed E-state index contributed by atoms with van der Waals surface area (Å²) in [5.74, 6) is 0.390. The van der Waals surface area contributed by atoms with Gasteiger partial charge in [0.1, 0.15) is 12.1 Å². The van der Waals surface area contributed by atoms with Gasteiger partial charge in [-0.3, -0.25) is 14.0 Å². The van der Waals surface area contributed by atoms with E-state index in [1.54, 1.807) is 14.1 Å². The SMILES string of the molecule is CCN(CC)C(=O)Cn1c(N)nc2c(C)nn(C)c21. The minimum atomic E-state index is 0.0369. The maximum atomic E-state index is 12.2. The molecule has 0 atom stereocenters. The van der Waals surface area contributed by atoms with Crippen molar-refractivity contribution >= 4 is 23.0 Å². The number of anilines is 1. The summed E-state index contributed by atoms with van der Waals surface area (Å²) in [5.41, 5.74) is 8.27. The van der Waals surface area contributed by atoms with Gasteiger partial charge < -0.3 is 10.6 Å². The van der Waals surface area contributed by atoms with Crippen LogP contribution in [-0.2, 0) is 18.4 Å². The summed E-state index contributed by atoms with van der Waals surface area (Å²) in [6.07, 6.45) is 0. The number of carbonyl (C=O) groups excluding carboxylic acids is 1. The lowest BCUT2D eigenvalue weighted by Gasteiger charge is -2.19. The fourth-order valence-corrected chi connectivity index (χ4v) is 2.32. The van der Waals surface area contributed by atoms with E-state index in [1.807, 2.05) is 27.8 Å². The van der Waals surface area contributed by atoms with Gasteiger partial charge in [-0.15, -0.1) is 0 Å². The molecule has 104 valence electrons. The average molecular weight is 264 g/mol. The Morgan fingerprint density at radius 1 is 1.37 bits per heavy atom. The molecule has 0 radical (unpaired) electrons. The summed E-state index contributed by atoms with van der Waals surface area (Å²) in [7, 11) is 1.83. The third-order valence-corrected chi connectivity index (χ3v) is 3.33. The number of amides is 1. The highest BCUT2D eigenvalue weighted by Gasteiger charge is 2.19. The van der Waals surface area contributed by atoms with Gasteiger partial charge in [-0.1, -0.05) is 0 Å². The maximum Gasteiger partial charge on any atom is 0.242 e. The number of nitrogens with two attached hydrogens (primary N) is 1. The summed E-state index contributed by atoms with van der Waals surface area (Å²) in [5, 5.41) is 4.30. The second-order valence-corrected chi connectivity index (χ2v) is 4.50.